The molecule has 0 aromatic rings. The van der Waals surface area contributed by atoms with Gasteiger partial charge in [0, 0.05) is 39.3 Å². The molecule has 0 atom stereocenters. The van der Waals surface area contributed by atoms with Crippen molar-refractivity contribution in [1.29, 1.82) is 0 Å². The molecule has 0 N–H and O–H groups in total. The number of hydrogen-bond donors (Lipinski definition) is 0. The minimum atomic E-state index is 0.903. The molecular formula is C11H24N2O. The average Bonchev–Trinajstić information content (AvgIpc) is 2.25. The van der Waals surface area contributed by atoms with Crippen molar-refractivity contribution in [1.82, 2.24) is 9.80 Å². The van der Waals surface area contributed by atoms with Crippen molar-refractivity contribution < 1.29 is 4.74 Å². The fourth-order valence-electron chi connectivity index (χ4n) is 1.77. The van der Waals surface area contributed by atoms with E-state index in [4.69, 9.17) is 4.74 Å². The lowest BCUT2D eigenvalue weighted by molar-refractivity contribution is 0.0773. The highest BCUT2D eigenvalue weighted by Gasteiger charge is 2.14. The molecule has 1 rings (SSSR count). The number of nitrogens with zero attached hydrogens (tertiary/aromatic N) is 2. The summed E-state index contributed by atoms with van der Waals surface area (Å²) >= 11 is 0. The molecule has 0 amide bonds. The van der Waals surface area contributed by atoms with Gasteiger partial charge in [0.25, 0.3) is 0 Å². The summed E-state index contributed by atoms with van der Waals surface area (Å²) in [6, 6.07) is 0. The van der Waals surface area contributed by atoms with Crippen LogP contribution in [0.25, 0.3) is 0 Å². The minimum Gasteiger partial charge on any atom is -0.380 e. The van der Waals surface area contributed by atoms with Gasteiger partial charge in [-0.1, -0.05) is 13.8 Å². The summed E-state index contributed by atoms with van der Waals surface area (Å²) < 4.78 is 5.48. The van der Waals surface area contributed by atoms with Crippen LogP contribution in [0.2, 0.25) is 0 Å². The van der Waals surface area contributed by atoms with Crippen molar-refractivity contribution in [2.24, 2.45) is 0 Å². The maximum atomic E-state index is 5.48. The minimum absolute atomic E-state index is 0.903. The highest BCUT2D eigenvalue weighted by molar-refractivity contribution is 4.70. The van der Waals surface area contributed by atoms with Gasteiger partial charge in [0.1, 0.15) is 0 Å². The number of hydrogen-bond acceptors (Lipinski definition) is 3. The van der Waals surface area contributed by atoms with E-state index in [1.807, 2.05) is 0 Å². The summed E-state index contributed by atoms with van der Waals surface area (Å²) in [6.07, 6.45) is 1.13. The Morgan fingerprint density at radius 2 is 1.57 bits per heavy atom. The van der Waals surface area contributed by atoms with Gasteiger partial charge >= 0.3 is 0 Å². The van der Waals surface area contributed by atoms with Crippen LogP contribution in [0.15, 0.2) is 0 Å². The zero-order chi connectivity index (χ0) is 10.2. The van der Waals surface area contributed by atoms with Crippen molar-refractivity contribution in [3.8, 4) is 0 Å². The Kier molecular flexibility index (Phi) is 6.15. The van der Waals surface area contributed by atoms with Gasteiger partial charge in [-0.05, 0) is 13.0 Å². The molecule has 1 heterocycles. The molecular weight excluding hydrogens is 176 g/mol. The Labute approximate surface area is 88.0 Å². The van der Waals surface area contributed by atoms with E-state index in [0.717, 1.165) is 26.2 Å². The highest BCUT2D eigenvalue weighted by Crippen LogP contribution is 2.00. The summed E-state index contributed by atoms with van der Waals surface area (Å²) in [4.78, 5) is 5.01. The second-order valence-electron chi connectivity index (χ2n) is 3.89. The maximum Gasteiger partial charge on any atom is 0.0593 e. The van der Waals surface area contributed by atoms with Crippen LogP contribution in [-0.4, -0.2) is 62.3 Å². The molecule has 1 aliphatic heterocycles. The predicted molar refractivity (Wildman–Crippen MR) is 59.7 cm³/mol. The fourth-order valence-corrected chi connectivity index (χ4v) is 1.77. The van der Waals surface area contributed by atoms with Crippen LogP contribution in [0, 0.1) is 0 Å². The Morgan fingerprint density at radius 3 is 2.14 bits per heavy atom. The molecule has 0 saturated carbocycles. The SMILES string of the molecule is CCCOCCN1CCN(CC)CC1. The van der Waals surface area contributed by atoms with Crippen molar-refractivity contribution in [3.63, 3.8) is 0 Å². The smallest absolute Gasteiger partial charge is 0.0593 e. The summed E-state index contributed by atoms with van der Waals surface area (Å²) in [6.45, 7) is 13.4. The molecule has 3 nitrogen and oxygen atoms in total. The third kappa shape index (κ3) is 4.40. The Hall–Kier alpha value is -0.120. The van der Waals surface area contributed by atoms with Crippen LogP contribution in [-0.2, 0) is 4.74 Å². The molecule has 0 aromatic carbocycles. The van der Waals surface area contributed by atoms with E-state index in [-0.39, 0.29) is 0 Å². The summed E-state index contributed by atoms with van der Waals surface area (Å²) in [5, 5.41) is 0. The van der Waals surface area contributed by atoms with Crippen molar-refractivity contribution >= 4 is 0 Å². The molecule has 0 radical (unpaired) electrons. The van der Waals surface area contributed by atoms with Crippen molar-refractivity contribution in [2.45, 2.75) is 20.3 Å². The first-order chi connectivity index (χ1) is 6.86. The standard InChI is InChI=1S/C11H24N2O/c1-3-10-14-11-9-13-7-5-12(4-2)6-8-13/h3-11H2,1-2H3. The summed E-state index contributed by atoms with van der Waals surface area (Å²) in [5.74, 6) is 0. The molecule has 1 saturated heterocycles. The lowest BCUT2D eigenvalue weighted by Gasteiger charge is -2.33. The predicted octanol–water partition coefficient (Wildman–Crippen LogP) is 1.05. The number of likely N-dealkylation sites (N-methyl/N-ethyl adjacent to an activating group) is 1. The third-order valence-electron chi connectivity index (χ3n) is 2.81. The van der Waals surface area contributed by atoms with E-state index in [1.165, 1.54) is 32.7 Å². The topological polar surface area (TPSA) is 15.7 Å². The van der Waals surface area contributed by atoms with Gasteiger partial charge in [0.2, 0.25) is 0 Å². The van der Waals surface area contributed by atoms with Gasteiger partial charge in [-0.25, -0.2) is 0 Å². The number of piperazine rings is 1. The Balaban J connectivity index is 1.98. The van der Waals surface area contributed by atoms with Crippen LogP contribution >= 0.6 is 0 Å². The van der Waals surface area contributed by atoms with Crippen LogP contribution < -0.4 is 0 Å². The first-order valence-corrected chi connectivity index (χ1v) is 5.89. The van der Waals surface area contributed by atoms with E-state index in [0.29, 0.717) is 0 Å². The molecule has 14 heavy (non-hydrogen) atoms. The van der Waals surface area contributed by atoms with Crippen molar-refractivity contribution in [2.75, 3.05) is 52.5 Å². The molecule has 84 valence electrons. The fraction of sp³-hybridized carbons (Fsp3) is 1.00. The Bertz CT molecular complexity index is 133. The molecule has 0 bridgehead atoms. The van der Waals surface area contributed by atoms with E-state index in [2.05, 4.69) is 23.6 Å². The largest absolute Gasteiger partial charge is 0.380 e. The van der Waals surface area contributed by atoms with Crippen molar-refractivity contribution in [3.05, 3.63) is 0 Å². The monoisotopic (exact) mass is 200 g/mol. The van der Waals surface area contributed by atoms with E-state index < -0.39 is 0 Å². The first-order valence-electron chi connectivity index (χ1n) is 5.89. The summed E-state index contributed by atoms with van der Waals surface area (Å²) in [5.41, 5.74) is 0. The molecule has 0 aromatic heterocycles. The molecule has 1 aliphatic rings. The van der Waals surface area contributed by atoms with Crippen LogP contribution in [0.5, 0.6) is 0 Å². The zero-order valence-electron chi connectivity index (χ0n) is 9.67. The molecule has 0 spiro atoms. The van der Waals surface area contributed by atoms with Gasteiger partial charge in [-0.15, -0.1) is 0 Å². The molecule has 0 aliphatic carbocycles. The molecule has 3 heteroatoms. The van der Waals surface area contributed by atoms with Gasteiger partial charge in [0.15, 0.2) is 0 Å². The Morgan fingerprint density at radius 1 is 0.929 bits per heavy atom. The first kappa shape index (κ1) is 12.0. The third-order valence-corrected chi connectivity index (χ3v) is 2.81. The lowest BCUT2D eigenvalue weighted by Crippen LogP contribution is -2.47. The van der Waals surface area contributed by atoms with E-state index in [1.54, 1.807) is 0 Å². The quantitative estimate of drug-likeness (QED) is 0.596. The second-order valence-corrected chi connectivity index (χ2v) is 3.89. The van der Waals surface area contributed by atoms with Crippen LogP contribution in [0.4, 0.5) is 0 Å². The number of rotatable bonds is 6. The van der Waals surface area contributed by atoms with Gasteiger partial charge < -0.3 is 9.64 Å². The molecule has 0 unspecified atom stereocenters. The summed E-state index contributed by atoms with van der Waals surface area (Å²) in [7, 11) is 0. The zero-order valence-corrected chi connectivity index (χ0v) is 9.67. The van der Waals surface area contributed by atoms with Gasteiger partial charge in [0.05, 0.1) is 6.61 Å². The normalized spacial score (nSPS) is 20.1. The maximum absolute atomic E-state index is 5.48. The molecule has 1 fully saturated rings. The van der Waals surface area contributed by atoms with Gasteiger partial charge in [-0.3, -0.25) is 4.90 Å². The van der Waals surface area contributed by atoms with E-state index in [9.17, 15) is 0 Å². The second kappa shape index (κ2) is 7.21. The average molecular weight is 200 g/mol. The van der Waals surface area contributed by atoms with Gasteiger partial charge in [-0.2, -0.15) is 0 Å². The van der Waals surface area contributed by atoms with E-state index >= 15 is 0 Å². The highest BCUT2D eigenvalue weighted by atomic mass is 16.5. The lowest BCUT2D eigenvalue weighted by atomic mass is 10.3. The van der Waals surface area contributed by atoms with Crippen LogP contribution in [0.3, 0.4) is 0 Å². The number of ether oxygens (including phenoxy) is 1. The van der Waals surface area contributed by atoms with Crippen LogP contribution in [0.1, 0.15) is 20.3 Å².